The minimum atomic E-state index is -2.68. The van der Waals surface area contributed by atoms with Crippen molar-refractivity contribution in [3.63, 3.8) is 0 Å². The van der Waals surface area contributed by atoms with Gasteiger partial charge in [-0.25, -0.2) is 0 Å². The maximum atomic E-state index is 14.0. The van der Waals surface area contributed by atoms with E-state index in [0.29, 0.717) is 18.7 Å². The van der Waals surface area contributed by atoms with Gasteiger partial charge in [0.2, 0.25) is 11.7 Å². The van der Waals surface area contributed by atoms with E-state index >= 15 is 0 Å². The summed E-state index contributed by atoms with van der Waals surface area (Å²) in [6.45, 7) is 3.32. The number of nitrogens with zero attached hydrogens (tertiary/aromatic N) is 3. The lowest BCUT2D eigenvalue weighted by atomic mass is 9.58. The van der Waals surface area contributed by atoms with Crippen LogP contribution in [0, 0.1) is 11.8 Å². The minimum absolute atomic E-state index is 0.0214. The molecule has 1 fully saturated rings. The highest BCUT2D eigenvalue weighted by Crippen LogP contribution is 2.53. The maximum Gasteiger partial charge on any atom is 0.255 e. The summed E-state index contributed by atoms with van der Waals surface area (Å²) in [7, 11) is 6.86. The van der Waals surface area contributed by atoms with Gasteiger partial charge in [0.25, 0.3) is 5.91 Å². The average Bonchev–Trinajstić information content (AvgIpc) is 3.31. The van der Waals surface area contributed by atoms with E-state index in [1.165, 1.54) is 17.9 Å². The molecular weight excluding hydrogens is 558 g/mol. The Morgan fingerprint density at radius 2 is 1.84 bits per heavy atom. The number of amides is 2. The Hall–Kier alpha value is -3.94. The number of allylic oxidation sites excluding steroid dienone is 1. The molecule has 43 heavy (non-hydrogen) atoms. The highest BCUT2D eigenvalue weighted by molar-refractivity contribution is 6.24. The molecule has 1 saturated heterocycles. The third-order valence-corrected chi connectivity index (χ3v) is 9.29. The summed E-state index contributed by atoms with van der Waals surface area (Å²) in [4.78, 5) is 56.8. The number of Topliss-reactive ketones (excluding diaryl/α,β-unsaturated/α-hetero) is 2. The molecule has 0 bridgehead atoms. The number of hydrogen-bond acceptors (Lipinski definition) is 11. The molecular formula is C30H39N5O8. The van der Waals surface area contributed by atoms with Crippen LogP contribution in [0.4, 0.5) is 5.69 Å². The molecule has 1 aromatic rings. The van der Waals surface area contributed by atoms with E-state index in [1.807, 2.05) is 19.0 Å². The zero-order valence-electron chi connectivity index (χ0n) is 25.0. The molecule has 7 N–H and O–H groups in total. The van der Waals surface area contributed by atoms with Crippen LogP contribution in [0.15, 0.2) is 28.7 Å². The molecule has 0 unspecified atom stereocenters. The molecule has 1 aliphatic heterocycles. The number of anilines is 1. The lowest BCUT2D eigenvalue weighted by molar-refractivity contribution is -0.148. The maximum absolute atomic E-state index is 14.0. The van der Waals surface area contributed by atoms with Gasteiger partial charge in [-0.2, -0.15) is 0 Å². The number of nitrogens with two attached hydrogens (primary N) is 1. The number of carbonyl (C=O) groups excluding carboxylic acids is 4. The molecule has 13 nitrogen and oxygen atoms in total. The number of benzene rings is 1. The Labute approximate surface area is 249 Å². The number of likely N-dealkylation sites (tertiary alicyclic amines) is 1. The van der Waals surface area contributed by atoms with Crippen molar-refractivity contribution >= 4 is 29.1 Å². The van der Waals surface area contributed by atoms with Crippen LogP contribution in [0.3, 0.4) is 0 Å². The van der Waals surface area contributed by atoms with Crippen molar-refractivity contribution in [2.45, 2.75) is 50.4 Å². The fourth-order valence-corrected chi connectivity index (χ4v) is 7.67. The van der Waals surface area contributed by atoms with Crippen LogP contribution in [-0.2, 0) is 27.3 Å². The van der Waals surface area contributed by atoms with Crippen molar-refractivity contribution in [3.05, 3.63) is 45.4 Å². The van der Waals surface area contributed by atoms with Crippen LogP contribution in [0.5, 0.6) is 5.75 Å². The highest BCUT2D eigenvalue weighted by atomic mass is 16.3. The van der Waals surface area contributed by atoms with Gasteiger partial charge in [0.05, 0.1) is 11.6 Å². The van der Waals surface area contributed by atoms with Gasteiger partial charge in [0.1, 0.15) is 22.8 Å². The second kappa shape index (κ2) is 10.6. The molecule has 0 spiro atoms. The van der Waals surface area contributed by atoms with Gasteiger partial charge in [-0.1, -0.05) is 0 Å². The molecule has 1 heterocycles. The zero-order valence-corrected chi connectivity index (χ0v) is 25.0. The van der Waals surface area contributed by atoms with Crippen LogP contribution in [-0.4, -0.2) is 113 Å². The van der Waals surface area contributed by atoms with Crippen LogP contribution >= 0.6 is 0 Å². The summed E-state index contributed by atoms with van der Waals surface area (Å²) >= 11 is 0. The molecule has 5 atom stereocenters. The number of hydrogen-bond donors (Lipinski definition) is 6. The Morgan fingerprint density at radius 3 is 2.42 bits per heavy atom. The number of fused-ring (bicyclic) bond motifs is 3. The molecule has 0 aromatic heterocycles. The van der Waals surface area contributed by atoms with E-state index in [-0.39, 0.29) is 41.7 Å². The number of nitrogens with one attached hydrogen (secondary N) is 1. The molecule has 232 valence electrons. The first-order valence-corrected chi connectivity index (χ1v) is 14.3. The smallest absolute Gasteiger partial charge is 0.255 e. The number of aliphatic hydroxyl groups is 3. The first kappa shape index (κ1) is 30.5. The Morgan fingerprint density at radius 1 is 1.16 bits per heavy atom. The van der Waals surface area contributed by atoms with Crippen molar-refractivity contribution in [2.75, 3.05) is 46.2 Å². The summed E-state index contributed by atoms with van der Waals surface area (Å²) in [5.74, 6) is -6.86. The van der Waals surface area contributed by atoms with Crippen LogP contribution < -0.4 is 16.0 Å². The predicted octanol–water partition coefficient (Wildman–Crippen LogP) is -0.103. The summed E-state index contributed by atoms with van der Waals surface area (Å²) in [6, 6.07) is 0.494. The third-order valence-electron chi connectivity index (χ3n) is 9.29. The molecule has 4 aliphatic rings. The van der Waals surface area contributed by atoms with Crippen LogP contribution in [0.1, 0.15) is 41.3 Å². The van der Waals surface area contributed by atoms with Crippen LogP contribution in [0.25, 0.3) is 0 Å². The summed E-state index contributed by atoms with van der Waals surface area (Å²) < 4.78 is 0. The summed E-state index contributed by atoms with van der Waals surface area (Å²) in [5.41, 5.74) is 3.78. The number of carbonyl (C=O) groups is 4. The standard InChI is InChI=1S/C30H39N5O8/c1-13(36)32-16-6-7-35(12-16)11-15-10-19(37)21-17(23(15)33(2)3)8-14-9-18-24(34(4)5)26(39)22(29(31)42)28(41)30(18,43)27(40)20(14)25(21)38/h10,14,16,18,24,37,39-40,43H,6-9,11-12H2,1-5H3,(H2,31,42)(H,32,36)/t14-,16+,18-,24-,30-/m0/s1. The largest absolute Gasteiger partial charge is 0.510 e. The zero-order chi connectivity index (χ0) is 31.7. The van der Waals surface area contributed by atoms with E-state index in [2.05, 4.69) is 10.2 Å². The fraction of sp³-hybridized carbons (Fsp3) is 0.533. The number of ketones is 2. The molecule has 0 saturated carbocycles. The number of aromatic hydroxyl groups is 1. The summed E-state index contributed by atoms with van der Waals surface area (Å²) in [6.07, 6.45) is 1.02. The number of phenolic OH excluding ortho intramolecular Hbond substituents is 1. The fourth-order valence-electron chi connectivity index (χ4n) is 7.67. The molecule has 1 aromatic carbocycles. The van der Waals surface area contributed by atoms with E-state index < -0.39 is 58.0 Å². The van der Waals surface area contributed by atoms with Gasteiger partial charge >= 0.3 is 0 Å². The Kier molecular flexibility index (Phi) is 7.56. The van der Waals surface area contributed by atoms with Gasteiger partial charge in [0.15, 0.2) is 11.4 Å². The minimum Gasteiger partial charge on any atom is -0.510 e. The monoisotopic (exact) mass is 597 g/mol. The van der Waals surface area contributed by atoms with E-state index in [9.17, 15) is 39.6 Å². The highest BCUT2D eigenvalue weighted by Gasteiger charge is 2.63. The first-order chi connectivity index (χ1) is 20.1. The van der Waals surface area contributed by atoms with Crippen molar-refractivity contribution in [2.24, 2.45) is 17.6 Å². The molecule has 0 radical (unpaired) electrons. The van der Waals surface area contributed by atoms with Gasteiger partial charge in [0, 0.05) is 63.9 Å². The molecule has 2 amide bonds. The molecule has 3 aliphatic carbocycles. The Bertz CT molecular complexity index is 1500. The van der Waals surface area contributed by atoms with Crippen molar-refractivity contribution in [3.8, 4) is 5.75 Å². The van der Waals surface area contributed by atoms with E-state index in [4.69, 9.17) is 5.73 Å². The van der Waals surface area contributed by atoms with Gasteiger partial charge in [-0.05, 0) is 56.5 Å². The number of phenols is 1. The SMILES string of the molecule is CC(=O)N[C@@H]1CCN(Cc2cc(O)c3c(c2N(C)C)C[C@H]2C[C@H]4[C@H](N(C)C)C(O)=C(C(N)=O)C(=O)[C@@]4(O)C(O)=C2C3=O)C1. The third kappa shape index (κ3) is 4.66. The predicted molar refractivity (Wildman–Crippen MR) is 155 cm³/mol. The summed E-state index contributed by atoms with van der Waals surface area (Å²) in [5, 5.41) is 48.4. The number of aliphatic hydroxyl groups excluding tert-OH is 2. The van der Waals surface area contributed by atoms with Crippen LogP contribution in [0.2, 0.25) is 0 Å². The van der Waals surface area contributed by atoms with Gasteiger partial charge < -0.3 is 36.4 Å². The lowest BCUT2D eigenvalue weighted by Gasteiger charge is -2.50. The Balaban J connectivity index is 1.60. The topological polar surface area (TPSA) is 197 Å². The normalized spacial score (nSPS) is 29.0. The molecule has 5 rings (SSSR count). The van der Waals surface area contributed by atoms with Gasteiger partial charge in [-0.15, -0.1) is 0 Å². The second-order valence-electron chi connectivity index (χ2n) is 12.5. The average molecular weight is 598 g/mol. The first-order valence-electron chi connectivity index (χ1n) is 14.3. The van der Waals surface area contributed by atoms with Crippen molar-refractivity contribution in [1.29, 1.82) is 0 Å². The van der Waals surface area contributed by atoms with Gasteiger partial charge in [-0.3, -0.25) is 29.0 Å². The number of rotatable bonds is 6. The van der Waals surface area contributed by atoms with E-state index in [1.54, 1.807) is 14.1 Å². The number of primary amides is 1. The lowest BCUT2D eigenvalue weighted by Crippen LogP contribution is -2.63. The van der Waals surface area contributed by atoms with Crippen molar-refractivity contribution < 1.29 is 39.6 Å². The number of likely N-dealkylation sites (N-methyl/N-ethyl adjacent to an activating group) is 1. The quantitative estimate of drug-likeness (QED) is 0.240. The molecule has 13 heteroatoms. The van der Waals surface area contributed by atoms with Crippen molar-refractivity contribution in [1.82, 2.24) is 15.1 Å². The van der Waals surface area contributed by atoms with E-state index in [0.717, 1.165) is 24.2 Å². The second-order valence-corrected chi connectivity index (χ2v) is 12.5.